The van der Waals surface area contributed by atoms with E-state index in [0.29, 0.717) is 13.0 Å². The van der Waals surface area contributed by atoms with Crippen LogP contribution in [-0.2, 0) is 10.0 Å². The summed E-state index contributed by atoms with van der Waals surface area (Å²) in [6.45, 7) is 6.71. The van der Waals surface area contributed by atoms with E-state index in [1.165, 1.54) is 0 Å². The molecule has 4 nitrogen and oxygen atoms in total. The summed E-state index contributed by atoms with van der Waals surface area (Å²) in [6, 6.07) is 0. The van der Waals surface area contributed by atoms with Crippen LogP contribution in [0.15, 0.2) is 0 Å². The number of hydrogen-bond donors (Lipinski definition) is 1. The Kier molecular flexibility index (Phi) is 3.79. The van der Waals surface area contributed by atoms with E-state index in [4.69, 9.17) is 5.73 Å². The Labute approximate surface area is 92.9 Å². The van der Waals surface area contributed by atoms with Crippen LogP contribution in [0.4, 0.5) is 0 Å². The van der Waals surface area contributed by atoms with E-state index in [1.807, 2.05) is 20.8 Å². The van der Waals surface area contributed by atoms with Crippen molar-refractivity contribution in [2.75, 3.05) is 13.1 Å². The van der Waals surface area contributed by atoms with E-state index in [2.05, 4.69) is 0 Å². The molecule has 90 valence electrons. The lowest BCUT2D eigenvalue weighted by Gasteiger charge is -2.33. The van der Waals surface area contributed by atoms with Crippen molar-refractivity contribution in [1.29, 1.82) is 0 Å². The maximum Gasteiger partial charge on any atom is 0.218 e. The predicted octanol–water partition coefficient (Wildman–Crippen LogP) is 0.928. The molecule has 1 aliphatic heterocycles. The third-order valence-corrected chi connectivity index (χ3v) is 5.93. The maximum absolute atomic E-state index is 12.3. The fourth-order valence-electron chi connectivity index (χ4n) is 2.23. The summed E-state index contributed by atoms with van der Waals surface area (Å²) in [5.41, 5.74) is 5.29. The highest BCUT2D eigenvalue weighted by Gasteiger charge is 2.42. The molecule has 1 heterocycles. The Hall–Kier alpha value is -0.130. The van der Waals surface area contributed by atoms with Crippen molar-refractivity contribution in [2.24, 2.45) is 5.73 Å². The van der Waals surface area contributed by atoms with Crippen molar-refractivity contribution in [3.63, 3.8) is 0 Å². The molecule has 1 unspecified atom stereocenters. The summed E-state index contributed by atoms with van der Waals surface area (Å²) in [7, 11) is -3.20. The number of hydrogen-bond acceptors (Lipinski definition) is 3. The Bertz CT molecular complexity index is 307. The van der Waals surface area contributed by atoms with Gasteiger partial charge in [-0.05, 0) is 33.1 Å². The molecule has 1 fully saturated rings. The van der Waals surface area contributed by atoms with Gasteiger partial charge in [-0.1, -0.05) is 6.92 Å². The smallest absolute Gasteiger partial charge is 0.218 e. The van der Waals surface area contributed by atoms with Crippen molar-refractivity contribution < 1.29 is 8.42 Å². The van der Waals surface area contributed by atoms with Crippen molar-refractivity contribution >= 4 is 10.0 Å². The van der Waals surface area contributed by atoms with Crippen LogP contribution in [0.25, 0.3) is 0 Å². The molecule has 0 aromatic heterocycles. The number of sulfonamides is 1. The lowest BCUT2D eigenvalue weighted by Crippen LogP contribution is -2.48. The van der Waals surface area contributed by atoms with Crippen LogP contribution in [0, 0.1) is 0 Å². The molecular formula is C10H22N2O2S. The second kappa shape index (κ2) is 4.39. The van der Waals surface area contributed by atoms with Crippen molar-refractivity contribution in [1.82, 2.24) is 4.31 Å². The molecule has 1 saturated heterocycles. The molecule has 0 saturated carbocycles. The van der Waals surface area contributed by atoms with Crippen LogP contribution in [0.3, 0.4) is 0 Å². The zero-order valence-electron chi connectivity index (χ0n) is 9.86. The lowest BCUT2D eigenvalue weighted by atomic mass is 10.0. The standard InChI is InChI=1S/C10H22N2O2S/c1-4-9(8-11)15(13,14)12-7-5-6-10(12,2)3/h9H,4-8,11H2,1-3H3. The van der Waals surface area contributed by atoms with Crippen LogP contribution < -0.4 is 5.73 Å². The van der Waals surface area contributed by atoms with Gasteiger partial charge in [0.2, 0.25) is 10.0 Å². The molecule has 0 spiro atoms. The first-order valence-electron chi connectivity index (χ1n) is 5.58. The summed E-state index contributed by atoms with van der Waals surface area (Å²) < 4.78 is 26.2. The molecule has 2 N–H and O–H groups in total. The van der Waals surface area contributed by atoms with Crippen LogP contribution in [0.5, 0.6) is 0 Å². The molecular weight excluding hydrogens is 212 g/mol. The highest BCUT2D eigenvalue weighted by molar-refractivity contribution is 7.89. The predicted molar refractivity (Wildman–Crippen MR) is 62.1 cm³/mol. The summed E-state index contributed by atoms with van der Waals surface area (Å²) in [4.78, 5) is 0. The number of nitrogens with two attached hydrogens (primary N) is 1. The van der Waals surface area contributed by atoms with Crippen molar-refractivity contribution in [3.05, 3.63) is 0 Å². The zero-order chi connectivity index (χ0) is 11.7. The summed E-state index contributed by atoms with van der Waals surface area (Å²) >= 11 is 0. The first-order valence-corrected chi connectivity index (χ1v) is 7.08. The molecule has 1 aliphatic rings. The Morgan fingerprint density at radius 3 is 2.40 bits per heavy atom. The number of rotatable bonds is 4. The van der Waals surface area contributed by atoms with Gasteiger partial charge in [-0.3, -0.25) is 0 Å². The highest BCUT2D eigenvalue weighted by atomic mass is 32.2. The third kappa shape index (κ3) is 2.34. The summed E-state index contributed by atoms with van der Waals surface area (Å²) in [5, 5.41) is -0.421. The lowest BCUT2D eigenvalue weighted by molar-refractivity contribution is 0.288. The topological polar surface area (TPSA) is 63.4 Å². The molecule has 1 atom stereocenters. The van der Waals surface area contributed by atoms with E-state index in [-0.39, 0.29) is 12.1 Å². The third-order valence-electron chi connectivity index (χ3n) is 3.27. The normalized spacial score (nSPS) is 24.3. The second-order valence-electron chi connectivity index (χ2n) is 4.80. The zero-order valence-corrected chi connectivity index (χ0v) is 10.7. The van der Waals surface area contributed by atoms with Gasteiger partial charge in [-0.25, -0.2) is 8.42 Å². The Morgan fingerprint density at radius 1 is 1.47 bits per heavy atom. The van der Waals surface area contributed by atoms with Gasteiger partial charge in [0, 0.05) is 18.6 Å². The van der Waals surface area contributed by atoms with Gasteiger partial charge in [0.1, 0.15) is 0 Å². The highest BCUT2D eigenvalue weighted by Crippen LogP contribution is 2.32. The SMILES string of the molecule is CCC(CN)S(=O)(=O)N1CCCC1(C)C. The van der Waals surface area contributed by atoms with Crippen molar-refractivity contribution in [3.8, 4) is 0 Å². The fourth-order valence-corrected chi connectivity index (χ4v) is 4.42. The van der Waals surface area contributed by atoms with Gasteiger partial charge in [0.15, 0.2) is 0 Å². The van der Waals surface area contributed by atoms with E-state index in [1.54, 1.807) is 4.31 Å². The van der Waals surface area contributed by atoms with Gasteiger partial charge in [0.05, 0.1) is 5.25 Å². The van der Waals surface area contributed by atoms with Crippen LogP contribution in [-0.4, -0.2) is 36.6 Å². The van der Waals surface area contributed by atoms with E-state index in [0.717, 1.165) is 12.8 Å². The molecule has 0 bridgehead atoms. The van der Waals surface area contributed by atoms with Gasteiger partial charge in [-0.2, -0.15) is 4.31 Å². The summed E-state index contributed by atoms with van der Waals surface area (Å²) in [6.07, 6.45) is 2.48. The number of nitrogens with zero attached hydrogens (tertiary/aromatic N) is 1. The minimum Gasteiger partial charge on any atom is -0.329 e. The van der Waals surface area contributed by atoms with Gasteiger partial charge in [0.25, 0.3) is 0 Å². The van der Waals surface area contributed by atoms with Gasteiger partial charge >= 0.3 is 0 Å². The summed E-state index contributed by atoms with van der Waals surface area (Å²) in [5.74, 6) is 0. The second-order valence-corrected chi connectivity index (χ2v) is 6.94. The first-order chi connectivity index (χ1) is 6.86. The quantitative estimate of drug-likeness (QED) is 0.787. The molecule has 0 amide bonds. The van der Waals surface area contributed by atoms with Gasteiger partial charge < -0.3 is 5.73 Å². The van der Waals surface area contributed by atoms with E-state index < -0.39 is 15.3 Å². The molecule has 0 aromatic carbocycles. The maximum atomic E-state index is 12.3. The molecule has 0 aliphatic carbocycles. The minimum atomic E-state index is -3.20. The van der Waals surface area contributed by atoms with Crippen LogP contribution in [0.2, 0.25) is 0 Å². The molecule has 0 aromatic rings. The molecule has 5 heteroatoms. The van der Waals surface area contributed by atoms with Crippen LogP contribution >= 0.6 is 0 Å². The minimum absolute atomic E-state index is 0.214. The average Bonchev–Trinajstić information content (AvgIpc) is 2.47. The molecule has 1 rings (SSSR count). The fraction of sp³-hybridized carbons (Fsp3) is 1.00. The van der Waals surface area contributed by atoms with Gasteiger partial charge in [-0.15, -0.1) is 0 Å². The molecule has 15 heavy (non-hydrogen) atoms. The largest absolute Gasteiger partial charge is 0.329 e. The Morgan fingerprint density at radius 2 is 2.07 bits per heavy atom. The van der Waals surface area contributed by atoms with Crippen LogP contribution in [0.1, 0.15) is 40.0 Å². The Balaban J connectivity index is 2.95. The monoisotopic (exact) mass is 234 g/mol. The first kappa shape index (κ1) is 12.9. The molecule has 0 radical (unpaired) electrons. The van der Waals surface area contributed by atoms with Crippen molar-refractivity contribution in [2.45, 2.75) is 50.8 Å². The van der Waals surface area contributed by atoms with E-state index in [9.17, 15) is 8.42 Å². The van der Waals surface area contributed by atoms with E-state index >= 15 is 0 Å². The average molecular weight is 234 g/mol.